The molecule has 0 unspecified atom stereocenters. The van der Waals surface area contributed by atoms with Gasteiger partial charge < -0.3 is 10.4 Å². The predicted molar refractivity (Wildman–Crippen MR) is 70.9 cm³/mol. The molecule has 1 aromatic rings. The van der Waals surface area contributed by atoms with Crippen LogP contribution in [0.5, 0.6) is 0 Å². The smallest absolute Gasteiger partial charge is 0.417 e. The lowest BCUT2D eigenvalue weighted by Gasteiger charge is -2.36. The number of carboxylic acid groups (broad SMARTS) is 1. The minimum atomic E-state index is -4.45. The van der Waals surface area contributed by atoms with Crippen LogP contribution in [0.4, 0.5) is 19.0 Å². The Kier molecular flexibility index (Phi) is 4.11. The lowest BCUT2D eigenvalue weighted by molar-refractivity contribution is -0.144. The maximum absolute atomic E-state index is 12.5. The number of hydrogen-bond acceptors (Lipinski definition) is 3. The Morgan fingerprint density at radius 1 is 1.38 bits per heavy atom. The Balaban J connectivity index is 2.16. The number of alkyl halides is 3. The average Bonchev–Trinajstić information content (AvgIpc) is 2.41. The Labute approximate surface area is 120 Å². The molecule has 21 heavy (non-hydrogen) atoms. The van der Waals surface area contributed by atoms with E-state index < -0.39 is 23.2 Å². The molecule has 4 nitrogen and oxygen atoms in total. The van der Waals surface area contributed by atoms with Gasteiger partial charge in [0.1, 0.15) is 11.4 Å². The van der Waals surface area contributed by atoms with Crippen molar-refractivity contribution in [2.24, 2.45) is 5.92 Å². The first-order chi connectivity index (χ1) is 9.73. The molecule has 1 aromatic heterocycles. The van der Waals surface area contributed by atoms with Crippen LogP contribution in [0.15, 0.2) is 18.3 Å². The molecule has 1 aliphatic carbocycles. The van der Waals surface area contributed by atoms with E-state index in [2.05, 4.69) is 17.2 Å². The van der Waals surface area contributed by atoms with Gasteiger partial charge in [0.15, 0.2) is 0 Å². The summed E-state index contributed by atoms with van der Waals surface area (Å²) in [4.78, 5) is 15.2. The Morgan fingerprint density at radius 3 is 2.43 bits per heavy atom. The van der Waals surface area contributed by atoms with Crippen LogP contribution in [0.3, 0.4) is 0 Å². The maximum Gasteiger partial charge on any atom is 0.417 e. The number of pyridine rings is 1. The van der Waals surface area contributed by atoms with Crippen LogP contribution in [0.25, 0.3) is 0 Å². The highest BCUT2D eigenvalue weighted by Crippen LogP contribution is 2.35. The molecule has 0 aliphatic heterocycles. The summed E-state index contributed by atoms with van der Waals surface area (Å²) in [5.74, 6) is -0.379. The SMILES string of the molecule is CC1CCC(Nc2ccc(C(F)(F)F)cn2)(C(=O)O)CC1. The zero-order valence-corrected chi connectivity index (χ0v) is 11.6. The summed E-state index contributed by atoms with van der Waals surface area (Å²) in [6.07, 6.45) is -1.34. The van der Waals surface area contributed by atoms with Crippen LogP contribution in [-0.4, -0.2) is 21.6 Å². The molecular weight excluding hydrogens is 285 g/mol. The van der Waals surface area contributed by atoms with Crippen LogP contribution in [0, 0.1) is 5.92 Å². The number of nitrogens with zero attached hydrogens (tertiary/aromatic N) is 1. The Bertz CT molecular complexity index is 506. The Hall–Kier alpha value is -1.79. The zero-order chi connectivity index (χ0) is 15.7. The van der Waals surface area contributed by atoms with Gasteiger partial charge in [0.05, 0.1) is 5.56 Å². The molecule has 0 atom stereocenters. The maximum atomic E-state index is 12.5. The van der Waals surface area contributed by atoms with Gasteiger partial charge >= 0.3 is 12.1 Å². The molecule has 0 amide bonds. The third-order valence-electron chi connectivity index (χ3n) is 4.00. The minimum Gasteiger partial charge on any atom is -0.480 e. The van der Waals surface area contributed by atoms with Gasteiger partial charge in [0, 0.05) is 6.20 Å². The van der Waals surface area contributed by atoms with Gasteiger partial charge in [-0.3, -0.25) is 0 Å². The van der Waals surface area contributed by atoms with E-state index in [1.165, 1.54) is 6.07 Å². The highest BCUT2D eigenvalue weighted by molar-refractivity contribution is 5.82. The third-order valence-corrected chi connectivity index (χ3v) is 4.00. The van der Waals surface area contributed by atoms with Crippen molar-refractivity contribution in [2.45, 2.75) is 44.3 Å². The van der Waals surface area contributed by atoms with Crippen molar-refractivity contribution in [3.63, 3.8) is 0 Å². The molecule has 0 bridgehead atoms. The van der Waals surface area contributed by atoms with Crippen molar-refractivity contribution >= 4 is 11.8 Å². The molecule has 1 heterocycles. The fourth-order valence-corrected chi connectivity index (χ4v) is 2.53. The highest BCUT2D eigenvalue weighted by atomic mass is 19.4. The summed E-state index contributed by atoms with van der Waals surface area (Å²) < 4.78 is 37.4. The summed E-state index contributed by atoms with van der Waals surface area (Å²) >= 11 is 0. The summed E-state index contributed by atoms with van der Waals surface area (Å²) in [5, 5.41) is 12.3. The first kappa shape index (κ1) is 15.6. The van der Waals surface area contributed by atoms with Crippen LogP contribution in [-0.2, 0) is 11.0 Å². The molecule has 0 saturated heterocycles. The number of carboxylic acids is 1. The Morgan fingerprint density at radius 2 is 2.00 bits per heavy atom. The number of nitrogens with one attached hydrogen (secondary N) is 1. The minimum absolute atomic E-state index is 0.153. The number of carbonyl (C=O) groups is 1. The largest absolute Gasteiger partial charge is 0.480 e. The molecule has 0 radical (unpaired) electrons. The van der Waals surface area contributed by atoms with Gasteiger partial charge in [-0.25, -0.2) is 9.78 Å². The first-order valence-electron chi connectivity index (χ1n) is 6.78. The fourth-order valence-electron chi connectivity index (χ4n) is 2.53. The molecule has 116 valence electrons. The topological polar surface area (TPSA) is 62.2 Å². The van der Waals surface area contributed by atoms with Crippen molar-refractivity contribution in [3.8, 4) is 0 Å². The van der Waals surface area contributed by atoms with E-state index >= 15 is 0 Å². The lowest BCUT2D eigenvalue weighted by atomic mass is 9.77. The average molecular weight is 302 g/mol. The second-order valence-corrected chi connectivity index (χ2v) is 5.62. The van der Waals surface area contributed by atoms with Gasteiger partial charge in [-0.15, -0.1) is 0 Å². The van der Waals surface area contributed by atoms with Crippen LogP contribution < -0.4 is 5.32 Å². The van der Waals surface area contributed by atoms with Gasteiger partial charge in [-0.05, 0) is 43.7 Å². The molecule has 1 aliphatic rings. The molecule has 0 spiro atoms. The first-order valence-corrected chi connectivity index (χ1v) is 6.78. The van der Waals surface area contributed by atoms with E-state index in [0.717, 1.165) is 18.9 Å². The number of anilines is 1. The second kappa shape index (κ2) is 5.54. The van der Waals surface area contributed by atoms with Crippen molar-refractivity contribution in [3.05, 3.63) is 23.9 Å². The van der Waals surface area contributed by atoms with E-state index in [0.29, 0.717) is 25.0 Å². The van der Waals surface area contributed by atoms with Crippen molar-refractivity contribution < 1.29 is 23.1 Å². The summed E-state index contributed by atoms with van der Waals surface area (Å²) in [6, 6.07) is 2.07. The van der Waals surface area contributed by atoms with Crippen LogP contribution in [0.2, 0.25) is 0 Å². The molecular formula is C14H17F3N2O2. The number of halogens is 3. The van der Waals surface area contributed by atoms with Crippen molar-refractivity contribution in [1.82, 2.24) is 4.98 Å². The molecule has 0 aromatic carbocycles. The highest BCUT2D eigenvalue weighted by Gasteiger charge is 2.41. The van der Waals surface area contributed by atoms with Crippen LogP contribution >= 0.6 is 0 Å². The molecule has 1 fully saturated rings. The van der Waals surface area contributed by atoms with E-state index in [9.17, 15) is 23.1 Å². The van der Waals surface area contributed by atoms with E-state index in [4.69, 9.17) is 0 Å². The van der Waals surface area contributed by atoms with E-state index in [1.54, 1.807) is 0 Å². The van der Waals surface area contributed by atoms with E-state index in [1.807, 2.05) is 0 Å². The molecule has 2 N–H and O–H groups in total. The third kappa shape index (κ3) is 3.46. The number of hydrogen-bond donors (Lipinski definition) is 2. The molecule has 2 rings (SSSR count). The summed E-state index contributed by atoms with van der Waals surface area (Å²) in [6.45, 7) is 2.06. The second-order valence-electron chi connectivity index (χ2n) is 5.62. The molecule has 7 heteroatoms. The van der Waals surface area contributed by atoms with Crippen molar-refractivity contribution in [2.75, 3.05) is 5.32 Å². The normalized spacial score (nSPS) is 26.4. The number of aromatic nitrogens is 1. The zero-order valence-electron chi connectivity index (χ0n) is 11.6. The molecule has 1 saturated carbocycles. The van der Waals surface area contributed by atoms with E-state index in [-0.39, 0.29) is 5.82 Å². The summed E-state index contributed by atoms with van der Waals surface area (Å²) in [7, 11) is 0. The van der Waals surface area contributed by atoms with Gasteiger partial charge in [-0.2, -0.15) is 13.2 Å². The number of rotatable bonds is 3. The fraction of sp³-hybridized carbons (Fsp3) is 0.571. The van der Waals surface area contributed by atoms with Gasteiger partial charge in [0.25, 0.3) is 0 Å². The quantitative estimate of drug-likeness (QED) is 0.896. The van der Waals surface area contributed by atoms with Crippen LogP contribution in [0.1, 0.15) is 38.2 Å². The predicted octanol–water partition coefficient (Wildman–Crippen LogP) is 3.55. The number of aliphatic carboxylic acids is 1. The van der Waals surface area contributed by atoms with Gasteiger partial charge in [-0.1, -0.05) is 6.92 Å². The monoisotopic (exact) mass is 302 g/mol. The standard InChI is InChI=1S/C14H17F3N2O2/c1-9-4-6-13(7-5-9,12(20)21)19-11-3-2-10(8-18-11)14(15,16)17/h2-3,8-9H,4-7H2,1H3,(H,18,19)(H,20,21). The summed E-state index contributed by atoms with van der Waals surface area (Å²) in [5.41, 5.74) is -1.99. The van der Waals surface area contributed by atoms with Crippen molar-refractivity contribution in [1.29, 1.82) is 0 Å². The van der Waals surface area contributed by atoms with Gasteiger partial charge in [0.2, 0.25) is 0 Å². The lowest BCUT2D eigenvalue weighted by Crippen LogP contribution is -2.49.